The Morgan fingerprint density at radius 3 is 2.76 bits per heavy atom. The summed E-state index contributed by atoms with van der Waals surface area (Å²) in [5.74, 6) is 1.18. The van der Waals surface area contributed by atoms with Gasteiger partial charge in [-0.3, -0.25) is 4.79 Å². The van der Waals surface area contributed by atoms with Crippen LogP contribution < -0.4 is 5.32 Å². The fourth-order valence-electron chi connectivity index (χ4n) is 2.20. The van der Waals surface area contributed by atoms with Crippen LogP contribution in [0.4, 0.5) is 0 Å². The Labute approximate surface area is 143 Å². The molecule has 2 aromatic rings. The molecule has 0 spiro atoms. The Bertz CT molecular complexity index is 661. The van der Waals surface area contributed by atoms with E-state index in [4.69, 9.17) is 11.6 Å². The van der Waals surface area contributed by atoms with Crippen LogP contribution in [0.25, 0.3) is 11.0 Å². The van der Waals surface area contributed by atoms with Crippen molar-refractivity contribution in [3.05, 3.63) is 27.6 Å². The fourth-order valence-corrected chi connectivity index (χ4v) is 2.88. The number of imidazole rings is 1. The molecule has 1 amide bonds. The van der Waals surface area contributed by atoms with Crippen LogP contribution in [0.15, 0.2) is 18.2 Å². The maximum Gasteiger partial charge on any atom is 0.222 e. The Morgan fingerprint density at radius 2 is 2.14 bits per heavy atom. The average Bonchev–Trinajstić information content (AvgIpc) is 2.71. The lowest BCUT2D eigenvalue weighted by atomic mass is 10.1. The highest BCUT2D eigenvalue weighted by molar-refractivity contribution is 14.1. The molecule has 1 aromatic heterocycles. The summed E-state index contributed by atoms with van der Waals surface area (Å²) in [6.07, 6.45) is 0.415. The predicted molar refractivity (Wildman–Crippen MR) is 94.5 cm³/mol. The lowest BCUT2D eigenvalue weighted by molar-refractivity contribution is -0.122. The number of hydrogen-bond acceptors (Lipinski definition) is 2. The van der Waals surface area contributed by atoms with E-state index < -0.39 is 0 Å². The van der Waals surface area contributed by atoms with Crippen LogP contribution in [-0.2, 0) is 17.2 Å². The zero-order chi connectivity index (χ0) is 15.6. The van der Waals surface area contributed by atoms with E-state index in [-0.39, 0.29) is 11.4 Å². The molecule has 0 radical (unpaired) electrons. The number of aryl methyl sites for hydroxylation is 1. The number of rotatable bonds is 4. The standard InChI is InChI=1S/C15H19ClIN3O/c1-15(2,3)19-14(21)6-7-20-12-5-4-10(17)8-11(12)18-13(20)9-16/h4-5,8H,6-7,9H2,1-3H3,(H,19,21). The van der Waals surface area contributed by atoms with Crippen molar-refractivity contribution in [1.29, 1.82) is 0 Å². The van der Waals surface area contributed by atoms with Gasteiger partial charge in [0.15, 0.2) is 0 Å². The summed E-state index contributed by atoms with van der Waals surface area (Å²) in [5.41, 5.74) is 1.74. The van der Waals surface area contributed by atoms with Crippen LogP contribution in [0.2, 0.25) is 0 Å². The fraction of sp³-hybridized carbons (Fsp3) is 0.467. The van der Waals surface area contributed by atoms with Crippen LogP contribution in [0.5, 0.6) is 0 Å². The summed E-state index contributed by atoms with van der Waals surface area (Å²) in [5, 5.41) is 2.97. The highest BCUT2D eigenvalue weighted by atomic mass is 127. The first-order chi connectivity index (χ1) is 9.80. The normalized spacial score (nSPS) is 11.9. The molecule has 2 rings (SSSR count). The largest absolute Gasteiger partial charge is 0.351 e. The van der Waals surface area contributed by atoms with E-state index >= 15 is 0 Å². The molecule has 114 valence electrons. The molecule has 0 unspecified atom stereocenters. The van der Waals surface area contributed by atoms with Gasteiger partial charge in [-0.15, -0.1) is 11.6 Å². The molecule has 0 saturated carbocycles. The van der Waals surface area contributed by atoms with Crippen molar-refractivity contribution in [3.63, 3.8) is 0 Å². The lowest BCUT2D eigenvalue weighted by Crippen LogP contribution is -2.40. The second-order valence-electron chi connectivity index (χ2n) is 5.99. The van der Waals surface area contributed by atoms with Crippen LogP contribution in [0.3, 0.4) is 0 Å². The van der Waals surface area contributed by atoms with E-state index in [9.17, 15) is 4.79 Å². The monoisotopic (exact) mass is 419 g/mol. The quantitative estimate of drug-likeness (QED) is 0.607. The number of nitrogens with one attached hydrogen (secondary N) is 1. The van der Waals surface area contributed by atoms with Gasteiger partial charge in [0.25, 0.3) is 0 Å². The van der Waals surface area contributed by atoms with Gasteiger partial charge in [0.1, 0.15) is 5.82 Å². The minimum Gasteiger partial charge on any atom is -0.351 e. The van der Waals surface area contributed by atoms with Crippen LogP contribution in [-0.4, -0.2) is 21.0 Å². The number of halogens is 2. The van der Waals surface area contributed by atoms with Gasteiger partial charge in [-0.25, -0.2) is 4.98 Å². The number of benzene rings is 1. The third-order valence-corrected chi connectivity index (χ3v) is 3.90. The highest BCUT2D eigenvalue weighted by Gasteiger charge is 2.15. The summed E-state index contributed by atoms with van der Waals surface area (Å²) in [6.45, 7) is 6.51. The first-order valence-electron chi connectivity index (χ1n) is 6.82. The van der Waals surface area contributed by atoms with Crippen molar-refractivity contribution in [1.82, 2.24) is 14.9 Å². The van der Waals surface area contributed by atoms with E-state index in [0.29, 0.717) is 18.8 Å². The Balaban J connectivity index is 2.19. The zero-order valence-corrected chi connectivity index (χ0v) is 15.3. The number of aromatic nitrogens is 2. The first kappa shape index (κ1) is 16.5. The van der Waals surface area contributed by atoms with E-state index in [1.165, 1.54) is 0 Å². The second-order valence-corrected chi connectivity index (χ2v) is 7.51. The van der Waals surface area contributed by atoms with Gasteiger partial charge in [-0.1, -0.05) is 0 Å². The highest BCUT2D eigenvalue weighted by Crippen LogP contribution is 2.20. The van der Waals surface area contributed by atoms with E-state index in [1.807, 2.05) is 43.5 Å². The van der Waals surface area contributed by atoms with Gasteiger partial charge in [0.05, 0.1) is 16.9 Å². The van der Waals surface area contributed by atoms with Crippen LogP contribution in [0, 0.1) is 3.57 Å². The molecule has 0 fully saturated rings. The number of alkyl halides is 1. The van der Waals surface area contributed by atoms with Gasteiger partial charge >= 0.3 is 0 Å². The third-order valence-electron chi connectivity index (χ3n) is 2.99. The molecule has 1 aromatic carbocycles. The SMILES string of the molecule is CC(C)(C)NC(=O)CCn1c(CCl)nc2cc(I)ccc21. The summed E-state index contributed by atoms with van der Waals surface area (Å²) >= 11 is 8.24. The predicted octanol–water partition coefficient (Wildman–Crippen LogP) is 3.68. The van der Waals surface area contributed by atoms with Crippen molar-refractivity contribution in [2.24, 2.45) is 0 Å². The van der Waals surface area contributed by atoms with Gasteiger partial charge in [0, 0.05) is 22.1 Å². The molecule has 0 bridgehead atoms. The number of amides is 1. The van der Waals surface area contributed by atoms with E-state index in [2.05, 4.69) is 32.9 Å². The molecule has 0 aliphatic carbocycles. The summed E-state index contributed by atoms with van der Waals surface area (Å²) in [7, 11) is 0. The number of fused-ring (bicyclic) bond motifs is 1. The van der Waals surface area contributed by atoms with Crippen molar-refractivity contribution in [3.8, 4) is 0 Å². The molecule has 0 atom stereocenters. The molecule has 6 heteroatoms. The van der Waals surface area contributed by atoms with E-state index in [0.717, 1.165) is 20.4 Å². The lowest BCUT2D eigenvalue weighted by Gasteiger charge is -2.20. The Morgan fingerprint density at radius 1 is 1.43 bits per heavy atom. The van der Waals surface area contributed by atoms with Crippen LogP contribution in [0.1, 0.15) is 33.0 Å². The van der Waals surface area contributed by atoms with Crippen molar-refractivity contribution in [2.45, 2.75) is 45.2 Å². The second kappa shape index (κ2) is 6.52. The van der Waals surface area contributed by atoms with Gasteiger partial charge in [-0.05, 0) is 61.6 Å². The minimum absolute atomic E-state index is 0.0374. The number of nitrogens with zero attached hydrogens (tertiary/aromatic N) is 2. The maximum atomic E-state index is 12.0. The topological polar surface area (TPSA) is 46.9 Å². The Hall–Kier alpha value is -0.820. The maximum absolute atomic E-state index is 12.0. The van der Waals surface area contributed by atoms with Crippen molar-refractivity contribution < 1.29 is 4.79 Å². The summed E-state index contributed by atoms with van der Waals surface area (Å²) in [4.78, 5) is 16.5. The smallest absolute Gasteiger partial charge is 0.222 e. The van der Waals surface area contributed by atoms with Crippen molar-refractivity contribution in [2.75, 3.05) is 0 Å². The molecule has 21 heavy (non-hydrogen) atoms. The number of carbonyl (C=O) groups excluding carboxylic acids is 1. The zero-order valence-electron chi connectivity index (χ0n) is 12.4. The molecule has 0 aliphatic heterocycles. The van der Waals surface area contributed by atoms with Crippen molar-refractivity contribution >= 4 is 51.1 Å². The molecule has 0 aliphatic rings. The molecular formula is C15H19ClIN3O. The molecule has 4 nitrogen and oxygen atoms in total. The molecule has 1 heterocycles. The number of carbonyl (C=O) groups is 1. The Kier molecular flexibility index (Phi) is 5.14. The van der Waals surface area contributed by atoms with Gasteiger partial charge in [0.2, 0.25) is 5.91 Å². The molecule has 0 saturated heterocycles. The first-order valence-corrected chi connectivity index (χ1v) is 8.43. The molecular weight excluding hydrogens is 401 g/mol. The third kappa shape index (κ3) is 4.32. The van der Waals surface area contributed by atoms with Gasteiger partial charge < -0.3 is 9.88 Å². The summed E-state index contributed by atoms with van der Waals surface area (Å²) < 4.78 is 3.16. The van der Waals surface area contributed by atoms with Gasteiger partial charge in [-0.2, -0.15) is 0 Å². The van der Waals surface area contributed by atoms with Crippen LogP contribution >= 0.6 is 34.2 Å². The van der Waals surface area contributed by atoms with E-state index in [1.54, 1.807) is 0 Å². The average molecular weight is 420 g/mol. The number of hydrogen-bond donors (Lipinski definition) is 1. The minimum atomic E-state index is -0.209. The summed E-state index contributed by atoms with van der Waals surface area (Å²) in [6, 6.07) is 6.09. The molecule has 1 N–H and O–H groups in total.